The molecule has 0 saturated heterocycles. The van der Waals surface area contributed by atoms with Crippen molar-refractivity contribution >= 4 is 11.6 Å². The second-order valence-corrected chi connectivity index (χ2v) is 6.44. The Kier molecular flexibility index (Phi) is 5.28. The first-order valence-corrected chi connectivity index (χ1v) is 8.63. The normalized spacial score (nSPS) is 14.8. The van der Waals surface area contributed by atoms with Crippen LogP contribution >= 0.6 is 0 Å². The third-order valence-corrected chi connectivity index (χ3v) is 4.74. The van der Waals surface area contributed by atoms with E-state index in [-0.39, 0.29) is 5.91 Å². The van der Waals surface area contributed by atoms with Crippen LogP contribution in [-0.2, 0) is 6.42 Å². The van der Waals surface area contributed by atoms with Crippen molar-refractivity contribution in [2.24, 2.45) is 0 Å². The van der Waals surface area contributed by atoms with Gasteiger partial charge in [-0.2, -0.15) is 5.26 Å². The van der Waals surface area contributed by atoms with Crippen molar-refractivity contribution in [3.63, 3.8) is 0 Å². The Hall–Kier alpha value is -2.60. The van der Waals surface area contributed by atoms with Gasteiger partial charge in [-0.25, -0.2) is 0 Å². The fourth-order valence-corrected chi connectivity index (χ4v) is 3.34. The third-order valence-electron chi connectivity index (χ3n) is 4.74. The quantitative estimate of drug-likeness (QED) is 0.857. The molecular formula is C21H22N2O. The van der Waals surface area contributed by atoms with Crippen molar-refractivity contribution in [2.45, 2.75) is 44.4 Å². The summed E-state index contributed by atoms with van der Waals surface area (Å²) in [7, 11) is 0. The van der Waals surface area contributed by atoms with Gasteiger partial charge in [-0.05, 0) is 54.2 Å². The van der Waals surface area contributed by atoms with Gasteiger partial charge in [0, 0.05) is 11.3 Å². The van der Waals surface area contributed by atoms with Gasteiger partial charge in [0.2, 0.25) is 0 Å². The lowest BCUT2D eigenvalue weighted by atomic mass is 9.84. The maximum Gasteiger partial charge on any atom is 0.255 e. The molecule has 0 unspecified atom stereocenters. The fourth-order valence-electron chi connectivity index (χ4n) is 3.34. The number of hydrogen-bond acceptors (Lipinski definition) is 2. The summed E-state index contributed by atoms with van der Waals surface area (Å²) in [5.74, 6) is 0.557. The van der Waals surface area contributed by atoms with Crippen molar-refractivity contribution in [1.29, 1.82) is 5.26 Å². The van der Waals surface area contributed by atoms with Gasteiger partial charge in [0.1, 0.15) is 0 Å². The molecule has 1 amide bonds. The van der Waals surface area contributed by atoms with Crippen molar-refractivity contribution in [1.82, 2.24) is 0 Å². The predicted molar refractivity (Wildman–Crippen MR) is 96.0 cm³/mol. The first-order valence-electron chi connectivity index (χ1n) is 8.63. The molecule has 0 aromatic heterocycles. The summed E-state index contributed by atoms with van der Waals surface area (Å²) in [4.78, 5) is 12.3. The molecule has 0 spiro atoms. The second kappa shape index (κ2) is 7.79. The zero-order valence-corrected chi connectivity index (χ0v) is 13.8. The molecule has 1 saturated carbocycles. The molecule has 1 aliphatic carbocycles. The first kappa shape index (κ1) is 16.3. The van der Waals surface area contributed by atoms with Crippen LogP contribution in [0.5, 0.6) is 0 Å². The summed E-state index contributed by atoms with van der Waals surface area (Å²) in [5, 5.41) is 11.6. The standard InChI is InChI=1S/C21H22N2O/c22-15-14-16-6-12-20(13-7-16)23-21(24)19-10-8-18(9-11-19)17-4-2-1-3-5-17/h6-13,17H,1-5,14H2,(H,23,24). The largest absolute Gasteiger partial charge is 0.322 e. The van der Waals surface area contributed by atoms with Crippen LogP contribution in [0, 0.1) is 11.3 Å². The Morgan fingerprint density at radius 3 is 2.29 bits per heavy atom. The molecule has 0 heterocycles. The molecule has 3 rings (SSSR count). The number of nitrogens with one attached hydrogen (secondary N) is 1. The number of nitrogens with zero attached hydrogens (tertiary/aromatic N) is 1. The first-order chi connectivity index (χ1) is 11.8. The molecule has 2 aromatic rings. The monoisotopic (exact) mass is 318 g/mol. The molecule has 1 N–H and O–H groups in total. The van der Waals surface area contributed by atoms with Gasteiger partial charge in [0.25, 0.3) is 5.91 Å². The van der Waals surface area contributed by atoms with Gasteiger partial charge in [0.05, 0.1) is 12.5 Å². The van der Waals surface area contributed by atoms with Crippen molar-refractivity contribution in [3.8, 4) is 6.07 Å². The molecule has 0 atom stereocenters. The zero-order chi connectivity index (χ0) is 16.8. The lowest BCUT2D eigenvalue weighted by Crippen LogP contribution is -2.12. The second-order valence-electron chi connectivity index (χ2n) is 6.44. The molecule has 0 bridgehead atoms. The number of rotatable bonds is 4. The minimum absolute atomic E-state index is 0.0989. The molecule has 3 heteroatoms. The highest BCUT2D eigenvalue weighted by molar-refractivity contribution is 6.04. The van der Waals surface area contributed by atoms with Crippen LogP contribution in [0.2, 0.25) is 0 Å². The fraction of sp³-hybridized carbons (Fsp3) is 0.333. The van der Waals surface area contributed by atoms with E-state index in [1.807, 2.05) is 36.4 Å². The third kappa shape index (κ3) is 4.02. The summed E-state index contributed by atoms with van der Waals surface area (Å²) < 4.78 is 0. The van der Waals surface area contributed by atoms with Crippen molar-refractivity contribution in [3.05, 3.63) is 65.2 Å². The van der Waals surface area contributed by atoms with Crippen molar-refractivity contribution < 1.29 is 4.79 Å². The average Bonchev–Trinajstić information content (AvgIpc) is 2.64. The summed E-state index contributed by atoms with van der Waals surface area (Å²) in [5.41, 5.74) is 3.73. The van der Waals surface area contributed by atoms with Crippen LogP contribution in [0.4, 0.5) is 5.69 Å². The summed E-state index contributed by atoms with van der Waals surface area (Å²) in [6.45, 7) is 0. The van der Waals surface area contributed by atoms with Gasteiger partial charge < -0.3 is 5.32 Å². The lowest BCUT2D eigenvalue weighted by Gasteiger charge is -2.22. The number of carbonyl (C=O) groups is 1. The Bertz CT molecular complexity index is 720. The zero-order valence-electron chi connectivity index (χ0n) is 13.8. The maximum absolute atomic E-state index is 12.3. The average molecular weight is 318 g/mol. The Balaban J connectivity index is 1.63. The van der Waals surface area contributed by atoms with E-state index in [0.29, 0.717) is 17.9 Å². The lowest BCUT2D eigenvalue weighted by molar-refractivity contribution is 0.102. The highest BCUT2D eigenvalue weighted by atomic mass is 16.1. The minimum atomic E-state index is -0.0989. The number of benzene rings is 2. The molecule has 3 nitrogen and oxygen atoms in total. The molecule has 24 heavy (non-hydrogen) atoms. The van der Waals surface area contributed by atoms with E-state index in [1.54, 1.807) is 0 Å². The molecule has 2 aromatic carbocycles. The van der Waals surface area contributed by atoms with E-state index in [4.69, 9.17) is 5.26 Å². The number of nitriles is 1. The van der Waals surface area contributed by atoms with Gasteiger partial charge in [0.15, 0.2) is 0 Å². The number of anilines is 1. The Labute approximate surface area is 143 Å². The van der Waals surface area contributed by atoms with Crippen molar-refractivity contribution in [2.75, 3.05) is 5.32 Å². The number of amides is 1. The van der Waals surface area contributed by atoms with Crippen LogP contribution in [0.3, 0.4) is 0 Å². The Morgan fingerprint density at radius 1 is 1.00 bits per heavy atom. The Morgan fingerprint density at radius 2 is 1.67 bits per heavy atom. The topological polar surface area (TPSA) is 52.9 Å². The maximum atomic E-state index is 12.3. The van der Waals surface area contributed by atoms with Gasteiger partial charge >= 0.3 is 0 Å². The minimum Gasteiger partial charge on any atom is -0.322 e. The molecular weight excluding hydrogens is 296 g/mol. The van der Waals surface area contributed by atoms with Gasteiger partial charge in [-0.1, -0.05) is 43.5 Å². The number of hydrogen-bond donors (Lipinski definition) is 1. The van der Waals surface area contributed by atoms with E-state index in [1.165, 1.54) is 37.7 Å². The van der Waals surface area contributed by atoms with Crippen LogP contribution < -0.4 is 5.32 Å². The number of carbonyl (C=O) groups excluding carboxylic acids is 1. The molecule has 0 aliphatic heterocycles. The summed E-state index contributed by atoms with van der Waals surface area (Å²) in [6.07, 6.45) is 6.89. The van der Waals surface area contributed by atoms with Crippen LogP contribution in [0.1, 0.15) is 59.5 Å². The van der Waals surface area contributed by atoms with E-state index in [9.17, 15) is 4.79 Å². The van der Waals surface area contributed by atoms with Gasteiger partial charge in [-0.15, -0.1) is 0 Å². The van der Waals surface area contributed by atoms with E-state index in [0.717, 1.165) is 11.3 Å². The van der Waals surface area contributed by atoms with Gasteiger partial charge in [-0.3, -0.25) is 4.79 Å². The van der Waals surface area contributed by atoms with Crippen LogP contribution in [-0.4, -0.2) is 5.91 Å². The van der Waals surface area contributed by atoms with Crippen LogP contribution in [0.25, 0.3) is 0 Å². The summed E-state index contributed by atoms with van der Waals surface area (Å²) >= 11 is 0. The van der Waals surface area contributed by atoms with Crippen LogP contribution in [0.15, 0.2) is 48.5 Å². The highest BCUT2D eigenvalue weighted by Crippen LogP contribution is 2.32. The molecule has 0 radical (unpaired) electrons. The molecule has 122 valence electrons. The predicted octanol–water partition coefficient (Wildman–Crippen LogP) is 5.05. The highest BCUT2D eigenvalue weighted by Gasteiger charge is 2.15. The smallest absolute Gasteiger partial charge is 0.255 e. The molecule has 1 fully saturated rings. The van der Waals surface area contributed by atoms with E-state index in [2.05, 4.69) is 23.5 Å². The van der Waals surface area contributed by atoms with E-state index >= 15 is 0 Å². The molecule has 1 aliphatic rings. The summed E-state index contributed by atoms with van der Waals surface area (Å²) in [6, 6.07) is 17.6. The van der Waals surface area contributed by atoms with E-state index < -0.39 is 0 Å². The SMILES string of the molecule is N#CCc1ccc(NC(=O)c2ccc(C3CCCCC3)cc2)cc1.